The van der Waals surface area contributed by atoms with Gasteiger partial charge in [-0.2, -0.15) is 0 Å². The van der Waals surface area contributed by atoms with Gasteiger partial charge >= 0.3 is 5.97 Å². The molecular formula is C14H17ClN2O5. The minimum Gasteiger partial charge on any atom is -0.481 e. The second-order valence-corrected chi connectivity index (χ2v) is 5.33. The fourth-order valence-corrected chi connectivity index (χ4v) is 2.24. The van der Waals surface area contributed by atoms with Crippen molar-refractivity contribution in [3.05, 3.63) is 38.9 Å². The van der Waals surface area contributed by atoms with E-state index in [1.165, 1.54) is 12.1 Å². The van der Waals surface area contributed by atoms with Gasteiger partial charge in [0, 0.05) is 17.6 Å². The molecule has 0 aliphatic heterocycles. The third-order valence-electron chi connectivity index (χ3n) is 3.80. The second-order valence-electron chi connectivity index (χ2n) is 4.89. The van der Waals surface area contributed by atoms with Crippen LogP contribution >= 0.6 is 11.6 Å². The van der Waals surface area contributed by atoms with Gasteiger partial charge in [0.05, 0.1) is 10.3 Å². The first-order valence-electron chi connectivity index (χ1n) is 6.73. The fourth-order valence-electron chi connectivity index (χ4n) is 2.07. The van der Waals surface area contributed by atoms with Gasteiger partial charge in [-0.15, -0.1) is 0 Å². The van der Waals surface area contributed by atoms with Crippen LogP contribution in [-0.2, 0) is 4.79 Å². The van der Waals surface area contributed by atoms with Crippen molar-refractivity contribution in [2.45, 2.75) is 26.7 Å². The van der Waals surface area contributed by atoms with E-state index in [-0.39, 0.29) is 17.1 Å². The Balaban J connectivity index is 2.99. The van der Waals surface area contributed by atoms with Crippen molar-refractivity contribution in [1.82, 2.24) is 5.32 Å². The molecule has 1 aromatic rings. The highest BCUT2D eigenvalue weighted by Gasteiger charge is 2.35. The maximum absolute atomic E-state index is 12.1. The van der Waals surface area contributed by atoms with Gasteiger partial charge in [-0.05, 0) is 25.0 Å². The summed E-state index contributed by atoms with van der Waals surface area (Å²) in [6, 6.07) is 3.70. The van der Waals surface area contributed by atoms with Crippen LogP contribution < -0.4 is 5.32 Å². The maximum atomic E-state index is 12.1. The maximum Gasteiger partial charge on any atom is 0.311 e. The number of amides is 1. The molecule has 0 aromatic heterocycles. The number of nitro benzene ring substituents is 1. The number of carbonyl (C=O) groups is 2. The third-order valence-corrected chi connectivity index (χ3v) is 4.03. The minimum absolute atomic E-state index is 0.103. The van der Waals surface area contributed by atoms with Crippen LogP contribution in [-0.4, -0.2) is 28.5 Å². The zero-order valence-corrected chi connectivity index (χ0v) is 13.0. The lowest BCUT2D eigenvalue weighted by Gasteiger charge is -2.26. The summed E-state index contributed by atoms with van der Waals surface area (Å²) in [4.78, 5) is 33.8. The Morgan fingerprint density at radius 2 is 1.95 bits per heavy atom. The summed E-state index contributed by atoms with van der Waals surface area (Å²) < 4.78 is 0. The van der Waals surface area contributed by atoms with Crippen molar-refractivity contribution < 1.29 is 19.6 Å². The lowest BCUT2D eigenvalue weighted by atomic mass is 9.82. The van der Waals surface area contributed by atoms with E-state index < -0.39 is 27.9 Å². The van der Waals surface area contributed by atoms with Gasteiger partial charge in [0.2, 0.25) is 0 Å². The summed E-state index contributed by atoms with van der Waals surface area (Å²) in [5.74, 6) is -1.71. The summed E-state index contributed by atoms with van der Waals surface area (Å²) in [6.45, 7) is 3.33. The average Bonchev–Trinajstić information content (AvgIpc) is 2.48. The van der Waals surface area contributed by atoms with Crippen molar-refractivity contribution in [2.75, 3.05) is 6.54 Å². The molecule has 0 aliphatic carbocycles. The quantitative estimate of drug-likeness (QED) is 0.590. The molecule has 1 amide bonds. The van der Waals surface area contributed by atoms with Crippen molar-refractivity contribution in [1.29, 1.82) is 0 Å². The number of nitro groups is 1. The topological polar surface area (TPSA) is 110 Å². The molecule has 0 heterocycles. The number of aliphatic carboxylic acids is 1. The number of carboxylic acid groups (broad SMARTS) is 1. The second kappa shape index (κ2) is 7.22. The van der Waals surface area contributed by atoms with E-state index in [1.807, 2.05) is 0 Å². The van der Waals surface area contributed by atoms with Gasteiger partial charge in [-0.1, -0.05) is 25.4 Å². The standard InChI is InChI=1S/C14H17ClN2O5/c1-3-14(4-2,13(19)20)8-16-12(18)10-6-5-9(15)7-11(10)17(21)22/h5-7H,3-4,8H2,1-2H3,(H,16,18)(H,19,20). The molecule has 120 valence electrons. The largest absolute Gasteiger partial charge is 0.481 e. The molecule has 8 heteroatoms. The number of carboxylic acids is 1. The van der Waals surface area contributed by atoms with E-state index in [0.717, 1.165) is 6.07 Å². The van der Waals surface area contributed by atoms with Gasteiger partial charge in [0.25, 0.3) is 11.6 Å². The first kappa shape index (κ1) is 17.9. The molecule has 0 fully saturated rings. The summed E-state index contributed by atoms with van der Waals surface area (Å²) >= 11 is 5.69. The molecule has 0 aliphatic rings. The van der Waals surface area contributed by atoms with Crippen LogP contribution in [0, 0.1) is 15.5 Å². The summed E-state index contributed by atoms with van der Waals surface area (Å²) in [7, 11) is 0. The smallest absolute Gasteiger partial charge is 0.311 e. The molecule has 0 bridgehead atoms. The van der Waals surface area contributed by atoms with E-state index in [0.29, 0.717) is 12.8 Å². The number of benzene rings is 1. The van der Waals surface area contributed by atoms with Crippen molar-refractivity contribution >= 4 is 29.2 Å². The first-order valence-corrected chi connectivity index (χ1v) is 7.10. The summed E-state index contributed by atoms with van der Waals surface area (Å²) in [6.07, 6.45) is 0.670. The van der Waals surface area contributed by atoms with E-state index in [4.69, 9.17) is 11.6 Å². The molecule has 1 aromatic carbocycles. The van der Waals surface area contributed by atoms with E-state index in [9.17, 15) is 24.8 Å². The van der Waals surface area contributed by atoms with Crippen molar-refractivity contribution in [3.63, 3.8) is 0 Å². The van der Waals surface area contributed by atoms with Crippen molar-refractivity contribution in [2.24, 2.45) is 5.41 Å². The molecule has 0 unspecified atom stereocenters. The number of nitrogens with zero attached hydrogens (tertiary/aromatic N) is 1. The fraction of sp³-hybridized carbons (Fsp3) is 0.429. The number of nitrogens with one attached hydrogen (secondary N) is 1. The third kappa shape index (κ3) is 3.73. The van der Waals surface area contributed by atoms with Crippen LogP contribution in [0.15, 0.2) is 18.2 Å². The lowest BCUT2D eigenvalue weighted by Crippen LogP contribution is -2.42. The lowest BCUT2D eigenvalue weighted by molar-refractivity contribution is -0.385. The Bertz CT molecular complexity index is 599. The normalized spacial score (nSPS) is 11.0. The number of halogens is 1. The Morgan fingerprint density at radius 1 is 1.36 bits per heavy atom. The zero-order valence-electron chi connectivity index (χ0n) is 12.3. The van der Waals surface area contributed by atoms with Crippen LogP contribution in [0.1, 0.15) is 37.0 Å². The summed E-state index contributed by atoms with van der Waals surface area (Å²) in [5, 5.41) is 22.9. The minimum atomic E-state index is -1.09. The van der Waals surface area contributed by atoms with Crippen LogP contribution in [0.3, 0.4) is 0 Å². The van der Waals surface area contributed by atoms with Crippen LogP contribution in [0.2, 0.25) is 5.02 Å². The molecule has 1 rings (SSSR count). The highest BCUT2D eigenvalue weighted by molar-refractivity contribution is 6.31. The highest BCUT2D eigenvalue weighted by atomic mass is 35.5. The predicted octanol–water partition coefficient (Wildman–Crippen LogP) is 2.87. The highest BCUT2D eigenvalue weighted by Crippen LogP contribution is 2.27. The number of carbonyl (C=O) groups excluding carboxylic acids is 1. The van der Waals surface area contributed by atoms with E-state index in [1.54, 1.807) is 13.8 Å². The van der Waals surface area contributed by atoms with Crippen LogP contribution in [0.5, 0.6) is 0 Å². The van der Waals surface area contributed by atoms with Gasteiger partial charge in [0.1, 0.15) is 5.56 Å². The Morgan fingerprint density at radius 3 is 2.41 bits per heavy atom. The van der Waals surface area contributed by atoms with Gasteiger partial charge in [-0.25, -0.2) is 0 Å². The molecule has 0 atom stereocenters. The monoisotopic (exact) mass is 328 g/mol. The zero-order chi connectivity index (χ0) is 16.9. The summed E-state index contributed by atoms with van der Waals surface area (Å²) in [5.41, 5.74) is -1.66. The molecule has 2 N–H and O–H groups in total. The van der Waals surface area contributed by atoms with Crippen molar-refractivity contribution in [3.8, 4) is 0 Å². The Kier molecular flexibility index (Phi) is 5.87. The number of hydrogen-bond acceptors (Lipinski definition) is 4. The Labute approximate surface area is 132 Å². The molecule has 0 saturated heterocycles. The number of hydrogen-bond donors (Lipinski definition) is 2. The molecular weight excluding hydrogens is 312 g/mol. The van der Waals surface area contributed by atoms with Gasteiger partial charge in [0.15, 0.2) is 0 Å². The van der Waals surface area contributed by atoms with Crippen LogP contribution in [0.25, 0.3) is 0 Å². The van der Waals surface area contributed by atoms with Gasteiger partial charge < -0.3 is 10.4 Å². The molecule has 7 nitrogen and oxygen atoms in total. The van der Waals surface area contributed by atoms with E-state index >= 15 is 0 Å². The first-order chi connectivity index (χ1) is 10.3. The Hall–Kier alpha value is -2.15. The number of rotatable bonds is 7. The predicted molar refractivity (Wildman–Crippen MR) is 81.1 cm³/mol. The molecule has 0 radical (unpaired) electrons. The molecule has 0 saturated carbocycles. The molecule has 22 heavy (non-hydrogen) atoms. The van der Waals surface area contributed by atoms with E-state index in [2.05, 4.69) is 5.32 Å². The SMILES string of the molecule is CCC(CC)(CNC(=O)c1ccc(Cl)cc1[N+](=O)[O-])C(=O)O. The average molecular weight is 329 g/mol. The van der Waals surface area contributed by atoms with Gasteiger partial charge in [-0.3, -0.25) is 19.7 Å². The molecule has 0 spiro atoms. The van der Waals surface area contributed by atoms with Crippen LogP contribution in [0.4, 0.5) is 5.69 Å².